The largest absolute Gasteiger partial charge is 0.448 e. The van der Waals surface area contributed by atoms with Gasteiger partial charge in [0.25, 0.3) is 5.91 Å². The summed E-state index contributed by atoms with van der Waals surface area (Å²) in [5.74, 6) is -1.32. The molecule has 3 atom stereocenters. The topological polar surface area (TPSA) is 92.8 Å². The van der Waals surface area contributed by atoms with Gasteiger partial charge in [-0.2, -0.15) is 0 Å². The highest BCUT2D eigenvalue weighted by Gasteiger charge is 2.57. The molecule has 7 nitrogen and oxygen atoms in total. The summed E-state index contributed by atoms with van der Waals surface area (Å²) in [6, 6.07) is 27.0. The lowest BCUT2D eigenvalue weighted by Crippen LogP contribution is -2.73. The number of β-lactam (4-membered cyclic amide) rings is 1. The third kappa shape index (κ3) is 5.30. The first-order chi connectivity index (χ1) is 18.5. The van der Waals surface area contributed by atoms with Gasteiger partial charge in [0.1, 0.15) is 17.1 Å². The first-order valence-corrected chi connectivity index (χ1v) is 15.0. The molecule has 2 aliphatic rings. The number of fused-ring (bicyclic) bond motifs is 1. The second kappa shape index (κ2) is 11.6. The minimum atomic E-state index is -1.47. The zero-order chi connectivity index (χ0) is 26.6. The average Bonchev–Trinajstić information content (AvgIpc) is 2.95. The number of amides is 2. The van der Waals surface area contributed by atoms with Crippen molar-refractivity contribution in [1.82, 2.24) is 10.2 Å². The molecule has 2 unspecified atom stereocenters. The molecule has 38 heavy (non-hydrogen) atoms. The van der Waals surface area contributed by atoms with Crippen molar-refractivity contribution in [1.29, 1.82) is 0 Å². The minimum absolute atomic E-state index is 0.101. The number of alkyl halides is 1. The standard InChI is InChI=1S/C29H25IN2O5S/c30-17-22-18-38(36)28-24(31-23(33)16-19-10-4-1-5-11-19)27(34)32(28)25(22)29(35)37-26(20-12-6-2-7-13-20)21-14-8-3-9-15-21/h1-15,24,26,28H,16-18H2,(H,31,33)/t24?,28-,38?/m1/s1. The smallest absolute Gasteiger partial charge is 0.356 e. The van der Waals surface area contributed by atoms with Crippen LogP contribution in [0.5, 0.6) is 0 Å². The fourth-order valence-corrected chi connectivity index (χ4v) is 7.38. The van der Waals surface area contributed by atoms with Gasteiger partial charge in [-0.3, -0.25) is 18.7 Å². The normalized spacial score (nSPS) is 20.5. The number of halogens is 1. The summed E-state index contributed by atoms with van der Waals surface area (Å²) in [5, 5.41) is 1.91. The lowest BCUT2D eigenvalue weighted by molar-refractivity contribution is -0.154. The van der Waals surface area contributed by atoms with Crippen LogP contribution in [-0.4, -0.2) is 48.5 Å². The van der Waals surface area contributed by atoms with Gasteiger partial charge in [0, 0.05) is 4.43 Å². The lowest BCUT2D eigenvalue weighted by atomic mass is 10.0. The number of nitrogens with zero attached hydrogens (tertiary/aromatic N) is 1. The van der Waals surface area contributed by atoms with Crippen LogP contribution < -0.4 is 5.32 Å². The summed E-state index contributed by atoms with van der Waals surface area (Å²) < 4.78 is 19.6. The number of nitrogens with one attached hydrogen (secondary N) is 1. The maximum Gasteiger partial charge on any atom is 0.356 e. The van der Waals surface area contributed by atoms with Crippen molar-refractivity contribution in [2.45, 2.75) is 23.9 Å². The second-order valence-corrected chi connectivity index (χ2v) is 11.3. The van der Waals surface area contributed by atoms with E-state index in [9.17, 15) is 18.6 Å². The summed E-state index contributed by atoms with van der Waals surface area (Å²) in [6.07, 6.45) is -0.583. The predicted molar refractivity (Wildman–Crippen MR) is 152 cm³/mol. The van der Waals surface area contributed by atoms with Crippen molar-refractivity contribution in [3.63, 3.8) is 0 Å². The Kier molecular flexibility index (Phi) is 8.04. The highest BCUT2D eigenvalue weighted by atomic mass is 127. The van der Waals surface area contributed by atoms with Crippen LogP contribution in [0.2, 0.25) is 0 Å². The first-order valence-electron chi connectivity index (χ1n) is 12.1. The van der Waals surface area contributed by atoms with Crippen molar-refractivity contribution in [3.8, 4) is 0 Å². The Bertz CT molecular complexity index is 1360. The van der Waals surface area contributed by atoms with Crippen LogP contribution in [0.4, 0.5) is 0 Å². The van der Waals surface area contributed by atoms with Gasteiger partial charge in [0.2, 0.25) is 5.91 Å². The molecule has 1 fully saturated rings. The maximum atomic E-state index is 13.7. The Morgan fingerprint density at radius 1 is 0.947 bits per heavy atom. The Morgan fingerprint density at radius 2 is 1.50 bits per heavy atom. The number of esters is 1. The van der Waals surface area contributed by atoms with Crippen molar-refractivity contribution < 1.29 is 23.3 Å². The molecule has 194 valence electrons. The fourth-order valence-electron chi connectivity index (χ4n) is 4.70. The number of hydrogen-bond acceptors (Lipinski definition) is 5. The maximum absolute atomic E-state index is 13.7. The number of carbonyl (C=O) groups excluding carboxylic acids is 3. The Hall–Kier alpha value is -3.31. The lowest BCUT2D eigenvalue weighted by Gasteiger charge is -2.49. The summed E-state index contributed by atoms with van der Waals surface area (Å²) in [5.41, 5.74) is 3.11. The van der Waals surface area contributed by atoms with Crippen LogP contribution in [-0.2, 0) is 36.3 Å². The molecular formula is C29H25IN2O5S. The molecule has 0 saturated carbocycles. The Morgan fingerprint density at radius 3 is 2.05 bits per heavy atom. The van der Waals surface area contributed by atoms with Gasteiger partial charge in [0.05, 0.1) is 23.0 Å². The molecule has 2 amide bonds. The second-order valence-electron chi connectivity index (χ2n) is 9.02. The van der Waals surface area contributed by atoms with E-state index in [0.717, 1.165) is 16.7 Å². The van der Waals surface area contributed by atoms with E-state index in [2.05, 4.69) is 27.9 Å². The molecule has 3 aromatic carbocycles. The summed E-state index contributed by atoms with van der Waals surface area (Å²) in [4.78, 5) is 40.8. The van der Waals surface area contributed by atoms with Gasteiger partial charge in [-0.15, -0.1) is 0 Å². The quantitative estimate of drug-likeness (QED) is 0.176. The van der Waals surface area contributed by atoms with Gasteiger partial charge in [-0.05, 0) is 22.3 Å². The van der Waals surface area contributed by atoms with Gasteiger partial charge >= 0.3 is 5.97 Å². The molecule has 0 spiro atoms. The highest BCUT2D eigenvalue weighted by Crippen LogP contribution is 2.37. The molecule has 0 aromatic heterocycles. The van der Waals surface area contributed by atoms with Crippen LogP contribution >= 0.6 is 22.6 Å². The van der Waals surface area contributed by atoms with Crippen molar-refractivity contribution in [2.24, 2.45) is 0 Å². The van der Waals surface area contributed by atoms with E-state index in [-0.39, 0.29) is 23.8 Å². The fraction of sp³-hybridized carbons (Fsp3) is 0.207. The van der Waals surface area contributed by atoms with E-state index in [1.807, 2.05) is 91.0 Å². The predicted octanol–water partition coefficient (Wildman–Crippen LogP) is 3.67. The van der Waals surface area contributed by atoms with Gasteiger partial charge < -0.3 is 10.1 Å². The van der Waals surface area contributed by atoms with Gasteiger partial charge in [-0.25, -0.2) is 4.79 Å². The third-order valence-electron chi connectivity index (χ3n) is 6.51. The number of rotatable bonds is 8. The number of benzene rings is 3. The zero-order valence-electron chi connectivity index (χ0n) is 20.3. The summed E-state index contributed by atoms with van der Waals surface area (Å²) in [7, 11) is -1.47. The molecule has 0 bridgehead atoms. The molecule has 1 saturated heterocycles. The molecule has 2 heterocycles. The van der Waals surface area contributed by atoms with E-state index in [0.29, 0.717) is 10.0 Å². The molecule has 5 rings (SSSR count). The number of carbonyl (C=O) groups is 3. The molecule has 2 aliphatic heterocycles. The molecule has 3 aromatic rings. The van der Waals surface area contributed by atoms with Crippen molar-refractivity contribution in [2.75, 3.05) is 10.2 Å². The van der Waals surface area contributed by atoms with E-state index in [1.165, 1.54) is 4.90 Å². The first kappa shape index (κ1) is 26.3. The van der Waals surface area contributed by atoms with Crippen LogP contribution in [0, 0.1) is 0 Å². The summed E-state index contributed by atoms with van der Waals surface area (Å²) >= 11 is 2.10. The van der Waals surface area contributed by atoms with E-state index < -0.39 is 40.2 Å². The molecule has 1 N–H and O–H groups in total. The zero-order valence-corrected chi connectivity index (χ0v) is 23.3. The van der Waals surface area contributed by atoms with Crippen LogP contribution in [0.15, 0.2) is 102 Å². The average molecular weight is 640 g/mol. The van der Waals surface area contributed by atoms with Gasteiger partial charge in [-0.1, -0.05) is 114 Å². The van der Waals surface area contributed by atoms with Crippen LogP contribution in [0.3, 0.4) is 0 Å². The summed E-state index contributed by atoms with van der Waals surface area (Å²) in [6.45, 7) is 0. The van der Waals surface area contributed by atoms with E-state index in [4.69, 9.17) is 4.74 Å². The monoisotopic (exact) mass is 640 g/mol. The SMILES string of the molecule is O=C(Cc1ccccc1)NC1C(=O)N2C(C(=O)OC(c3ccccc3)c3ccccc3)=C(CI)CS(=O)[C@H]12. The molecular weight excluding hydrogens is 615 g/mol. The van der Waals surface area contributed by atoms with Crippen molar-refractivity contribution >= 4 is 51.2 Å². The molecule has 0 aliphatic carbocycles. The third-order valence-corrected chi connectivity index (χ3v) is 9.09. The number of hydrogen-bond donors (Lipinski definition) is 1. The minimum Gasteiger partial charge on any atom is -0.448 e. The Balaban J connectivity index is 1.38. The van der Waals surface area contributed by atoms with E-state index in [1.54, 1.807) is 0 Å². The van der Waals surface area contributed by atoms with Gasteiger partial charge in [0.15, 0.2) is 6.10 Å². The number of ether oxygens (including phenoxy) is 1. The van der Waals surface area contributed by atoms with Crippen molar-refractivity contribution in [3.05, 3.63) is 119 Å². The Labute approximate surface area is 236 Å². The van der Waals surface area contributed by atoms with Crippen LogP contribution in [0.1, 0.15) is 22.8 Å². The van der Waals surface area contributed by atoms with E-state index >= 15 is 0 Å². The van der Waals surface area contributed by atoms with Crippen LogP contribution in [0.25, 0.3) is 0 Å². The highest BCUT2D eigenvalue weighted by molar-refractivity contribution is 14.1. The molecule has 0 radical (unpaired) electrons. The molecule has 9 heteroatoms.